The third-order valence-electron chi connectivity index (χ3n) is 5.20. The first-order chi connectivity index (χ1) is 15.0. The molecule has 0 unspecified atom stereocenters. The lowest BCUT2D eigenvalue weighted by Gasteiger charge is -2.22. The molecule has 2 amide bonds. The number of rotatable bonds is 6. The van der Waals surface area contributed by atoms with Crippen LogP contribution in [0.15, 0.2) is 84.6 Å². The molecule has 3 aromatic rings. The van der Waals surface area contributed by atoms with Crippen LogP contribution in [0.3, 0.4) is 0 Å². The van der Waals surface area contributed by atoms with Crippen LogP contribution in [-0.2, 0) is 9.59 Å². The molecule has 1 aliphatic rings. The first-order valence-corrected chi connectivity index (χ1v) is 9.75. The Bertz CT molecular complexity index is 1130. The van der Waals surface area contributed by atoms with Crippen LogP contribution >= 0.6 is 0 Å². The van der Waals surface area contributed by atoms with E-state index in [1.165, 1.54) is 19.1 Å². The molecule has 0 N–H and O–H groups in total. The number of anilines is 2. The molecular formula is C25H22N2O4. The highest BCUT2D eigenvalue weighted by atomic mass is 16.5. The number of methoxy groups -OCH3 is 2. The van der Waals surface area contributed by atoms with Gasteiger partial charge in [-0.25, -0.2) is 4.90 Å². The molecule has 6 heteroatoms. The third-order valence-corrected chi connectivity index (χ3v) is 5.20. The summed E-state index contributed by atoms with van der Waals surface area (Å²) in [4.78, 5) is 30.2. The van der Waals surface area contributed by atoms with Gasteiger partial charge in [-0.05, 0) is 17.7 Å². The van der Waals surface area contributed by atoms with Gasteiger partial charge in [-0.1, -0.05) is 48.5 Å². The van der Waals surface area contributed by atoms with Crippen LogP contribution in [0.1, 0.15) is 5.56 Å². The van der Waals surface area contributed by atoms with Gasteiger partial charge in [-0.3, -0.25) is 9.59 Å². The molecule has 0 saturated heterocycles. The standard InChI is InChI=1S/C25H22N2O4/c1-26(18-12-8-5-9-13-18)23-22(17-10-6-4-7-11-17)24(28)27(25(23)29)19-14-20(30-2)16-21(15-19)31-3/h4-16H,1-3H3. The van der Waals surface area contributed by atoms with Crippen molar-refractivity contribution in [3.05, 3.63) is 90.1 Å². The largest absolute Gasteiger partial charge is 0.497 e. The maximum absolute atomic E-state index is 13.6. The summed E-state index contributed by atoms with van der Waals surface area (Å²) >= 11 is 0. The summed E-state index contributed by atoms with van der Waals surface area (Å²) in [6.45, 7) is 0. The lowest BCUT2D eigenvalue weighted by Crippen LogP contribution is -2.34. The van der Waals surface area contributed by atoms with Crippen LogP contribution in [0.5, 0.6) is 11.5 Å². The molecule has 3 aromatic carbocycles. The maximum Gasteiger partial charge on any atom is 0.282 e. The Morgan fingerprint density at radius 2 is 1.29 bits per heavy atom. The maximum atomic E-state index is 13.6. The predicted molar refractivity (Wildman–Crippen MR) is 120 cm³/mol. The number of likely N-dealkylation sites (N-methyl/N-ethyl adjacent to an activating group) is 1. The fraction of sp³-hybridized carbons (Fsp3) is 0.120. The Kier molecular flexibility index (Phi) is 5.45. The van der Waals surface area contributed by atoms with E-state index in [-0.39, 0.29) is 0 Å². The zero-order valence-electron chi connectivity index (χ0n) is 17.5. The van der Waals surface area contributed by atoms with Gasteiger partial charge in [-0.15, -0.1) is 0 Å². The molecule has 1 heterocycles. The second-order valence-electron chi connectivity index (χ2n) is 7.00. The van der Waals surface area contributed by atoms with E-state index in [2.05, 4.69) is 0 Å². The number of hydrogen-bond acceptors (Lipinski definition) is 5. The number of carbonyl (C=O) groups excluding carboxylic acids is 2. The van der Waals surface area contributed by atoms with Crippen LogP contribution in [0.2, 0.25) is 0 Å². The highest BCUT2D eigenvalue weighted by Crippen LogP contribution is 2.38. The molecule has 0 aromatic heterocycles. The van der Waals surface area contributed by atoms with Gasteiger partial charge in [0.25, 0.3) is 11.8 Å². The molecule has 1 aliphatic heterocycles. The van der Waals surface area contributed by atoms with E-state index >= 15 is 0 Å². The van der Waals surface area contributed by atoms with Crippen molar-refractivity contribution in [2.45, 2.75) is 0 Å². The topological polar surface area (TPSA) is 59.1 Å². The monoisotopic (exact) mass is 414 g/mol. The van der Waals surface area contributed by atoms with Crippen molar-refractivity contribution < 1.29 is 19.1 Å². The minimum atomic E-state index is -0.412. The van der Waals surface area contributed by atoms with Crippen molar-refractivity contribution in [3.63, 3.8) is 0 Å². The number of benzene rings is 3. The normalized spacial score (nSPS) is 13.6. The molecule has 0 fully saturated rings. The molecule has 4 rings (SSSR count). The summed E-state index contributed by atoms with van der Waals surface area (Å²) < 4.78 is 10.7. The van der Waals surface area contributed by atoms with Crippen LogP contribution < -0.4 is 19.3 Å². The SMILES string of the molecule is COc1cc(OC)cc(N2C(=O)C(c3ccccc3)=C(N(C)c3ccccc3)C2=O)c1. The van der Waals surface area contributed by atoms with E-state index in [0.29, 0.717) is 34.0 Å². The quantitative estimate of drug-likeness (QED) is 0.568. The molecule has 6 nitrogen and oxygen atoms in total. The molecule has 0 radical (unpaired) electrons. The van der Waals surface area contributed by atoms with Gasteiger partial charge < -0.3 is 14.4 Å². The number of nitrogens with zero attached hydrogens (tertiary/aromatic N) is 2. The van der Waals surface area contributed by atoms with Gasteiger partial charge in [0.2, 0.25) is 0 Å². The van der Waals surface area contributed by atoms with E-state index in [0.717, 1.165) is 5.69 Å². The second kappa shape index (κ2) is 8.36. The predicted octanol–water partition coefficient (Wildman–Crippen LogP) is 4.12. The van der Waals surface area contributed by atoms with Crippen molar-refractivity contribution in [2.24, 2.45) is 0 Å². The summed E-state index contributed by atoms with van der Waals surface area (Å²) in [5.41, 5.74) is 2.52. The van der Waals surface area contributed by atoms with Crippen molar-refractivity contribution in [2.75, 3.05) is 31.1 Å². The van der Waals surface area contributed by atoms with Crippen molar-refractivity contribution in [1.82, 2.24) is 0 Å². The number of ether oxygens (including phenoxy) is 2. The number of amides is 2. The number of imide groups is 1. The highest BCUT2D eigenvalue weighted by Gasteiger charge is 2.42. The number of hydrogen-bond donors (Lipinski definition) is 0. The van der Waals surface area contributed by atoms with Crippen LogP contribution in [0.4, 0.5) is 11.4 Å². The lowest BCUT2D eigenvalue weighted by molar-refractivity contribution is -0.120. The van der Waals surface area contributed by atoms with Gasteiger partial charge in [0, 0.05) is 30.9 Å². The Morgan fingerprint density at radius 3 is 1.84 bits per heavy atom. The summed E-state index contributed by atoms with van der Waals surface area (Å²) in [7, 11) is 4.83. The van der Waals surface area contributed by atoms with Crippen LogP contribution in [0.25, 0.3) is 5.57 Å². The summed E-state index contributed by atoms with van der Waals surface area (Å²) in [5, 5.41) is 0. The average molecular weight is 414 g/mol. The van der Waals surface area contributed by atoms with Crippen molar-refractivity contribution >= 4 is 28.8 Å². The Morgan fingerprint density at radius 1 is 0.742 bits per heavy atom. The molecule has 31 heavy (non-hydrogen) atoms. The fourth-order valence-electron chi connectivity index (χ4n) is 3.63. The Balaban J connectivity index is 1.87. The smallest absolute Gasteiger partial charge is 0.282 e. The van der Waals surface area contributed by atoms with E-state index in [1.807, 2.05) is 60.7 Å². The number of para-hydroxylation sites is 1. The van der Waals surface area contributed by atoms with Crippen molar-refractivity contribution in [1.29, 1.82) is 0 Å². The molecular weight excluding hydrogens is 392 g/mol. The van der Waals surface area contributed by atoms with E-state index in [1.54, 1.807) is 30.1 Å². The van der Waals surface area contributed by atoms with Crippen LogP contribution in [-0.4, -0.2) is 33.1 Å². The van der Waals surface area contributed by atoms with Gasteiger partial charge in [-0.2, -0.15) is 0 Å². The summed E-state index contributed by atoms with van der Waals surface area (Å²) in [5.74, 6) is 0.164. The van der Waals surface area contributed by atoms with Crippen molar-refractivity contribution in [3.8, 4) is 11.5 Å². The zero-order chi connectivity index (χ0) is 22.0. The molecule has 0 atom stereocenters. The van der Waals surface area contributed by atoms with E-state index in [9.17, 15) is 9.59 Å². The Labute approximate surface area is 180 Å². The lowest BCUT2D eigenvalue weighted by atomic mass is 10.0. The van der Waals surface area contributed by atoms with Gasteiger partial charge in [0.1, 0.15) is 17.2 Å². The fourth-order valence-corrected chi connectivity index (χ4v) is 3.63. The van der Waals surface area contributed by atoms with Gasteiger partial charge in [0.15, 0.2) is 0 Å². The minimum Gasteiger partial charge on any atom is -0.497 e. The van der Waals surface area contributed by atoms with E-state index < -0.39 is 11.8 Å². The van der Waals surface area contributed by atoms with Gasteiger partial charge >= 0.3 is 0 Å². The molecule has 0 bridgehead atoms. The van der Waals surface area contributed by atoms with E-state index in [4.69, 9.17) is 9.47 Å². The molecule has 0 spiro atoms. The number of carbonyl (C=O) groups is 2. The molecule has 0 aliphatic carbocycles. The molecule has 156 valence electrons. The zero-order valence-corrected chi connectivity index (χ0v) is 17.5. The highest BCUT2D eigenvalue weighted by molar-refractivity contribution is 6.46. The second-order valence-corrected chi connectivity index (χ2v) is 7.00. The summed E-state index contributed by atoms with van der Waals surface area (Å²) in [6, 6.07) is 23.7. The first-order valence-electron chi connectivity index (χ1n) is 9.75. The average Bonchev–Trinajstić information content (AvgIpc) is 3.09. The third kappa shape index (κ3) is 3.64. The van der Waals surface area contributed by atoms with Gasteiger partial charge in [0.05, 0.1) is 25.5 Å². The van der Waals surface area contributed by atoms with Crippen LogP contribution in [0, 0.1) is 0 Å². The molecule has 0 saturated carbocycles. The Hall–Kier alpha value is -4.06. The first kappa shape index (κ1) is 20.2. The minimum absolute atomic E-state index is 0.309. The summed E-state index contributed by atoms with van der Waals surface area (Å²) in [6.07, 6.45) is 0.